The van der Waals surface area contributed by atoms with Crippen molar-refractivity contribution in [3.8, 4) is 0 Å². The summed E-state index contributed by atoms with van der Waals surface area (Å²) in [5, 5.41) is 8.19. The number of hydrogen-bond acceptors (Lipinski definition) is 2. The fourth-order valence-electron chi connectivity index (χ4n) is 1.14. The molecule has 0 aromatic heterocycles. The molecule has 1 aromatic carbocycles. The number of rotatable bonds is 2. The predicted octanol–water partition coefficient (Wildman–Crippen LogP) is 3.40. The van der Waals surface area contributed by atoms with E-state index in [0.29, 0.717) is 16.3 Å². The molecular formula is C10H10BrClN2. The van der Waals surface area contributed by atoms with Gasteiger partial charge in [-0.15, -0.1) is 0 Å². The maximum Gasteiger partial charge on any atom is 0.106 e. The first-order chi connectivity index (χ1) is 6.52. The lowest BCUT2D eigenvalue weighted by Gasteiger charge is -2.07. The van der Waals surface area contributed by atoms with E-state index in [1.54, 1.807) is 19.1 Å². The van der Waals surface area contributed by atoms with Crippen molar-refractivity contribution in [1.29, 1.82) is 5.41 Å². The van der Waals surface area contributed by atoms with E-state index in [1.165, 1.54) is 0 Å². The van der Waals surface area contributed by atoms with Crippen LogP contribution in [0.2, 0.25) is 5.02 Å². The van der Waals surface area contributed by atoms with E-state index in [2.05, 4.69) is 15.9 Å². The number of nitrogens with two attached hydrogens (primary N) is 1. The van der Waals surface area contributed by atoms with Crippen LogP contribution >= 0.6 is 27.5 Å². The van der Waals surface area contributed by atoms with E-state index in [9.17, 15) is 0 Å². The third-order valence-electron chi connectivity index (χ3n) is 1.75. The summed E-state index contributed by atoms with van der Waals surface area (Å²) in [6.07, 6.45) is 0. The molecule has 4 heteroatoms. The molecule has 0 unspecified atom stereocenters. The van der Waals surface area contributed by atoms with E-state index < -0.39 is 0 Å². The van der Waals surface area contributed by atoms with Gasteiger partial charge in [0.15, 0.2) is 0 Å². The Hall–Kier alpha value is -0.800. The van der Waals surface area contributed by atoms with E-state index in [1.807, 2.05) is 12.1 Å². The summed E-state index contributed by atoms with van der Waals surface area (Å²) in [7, 11) is 0. The molecule has 0 spiro atoms. The minimum Gasteiger partial charge on any atom is -0.402 e. The lowest BCUT2D eigenvalue weighted by molar-refractivity contribution is 1.32. The molecule has 0 radical (unpaired) electrons. The maximum atomic E-state index is 7.52. The second kappa shape index (κ2) is 4.62. The molecule has 0 amide bonds. The van der Waals surface area contributed by atoms with Gasteiger partial charge in [-0.2, -0.15) is 0 Å². The quantitative estimate of drug-likeness (QED) is 0.797. The highest BCUT2D eigenvalue weighted by atomic mass is 79.9. The van der Waals surface area contributed by atoms with Crippen LogP contribution in [-0.4, -0.2) is 4.62 Å². The summed E-state index contributed by atoms with van der Waals surface area (Å²) in [6.45, 7) is 1.76. The van der Waals surface area contributed by atoms with Crippen molar-refractivity contribution in [1.82, 2.24) is 0 Å². The van der Waals surface area contributed by atoms with Crippen molar-refractivity contribution >= 4 is 37.7 Å². The van der Waals surface area contributed by atoms with Crippen LogP contribution in [0.4, 0.5) is 0 Å². The Labute approximate surface area is 96.4 Å². The molecule has 1 aromatic rings. The zero-order chi connectivity index (χ0) is 10.7. The first kappa shape index (κ1) is 11.3. The van der Waals surface area contributed by atoms with Crippen LogP contribution in [-0.2, 0) is 0 Å². The number of hydrogen-bond donors (Lipinski definition) is 2. The molecule has 0 saturated carbocycles. The van der Waals surface area contributed by atoms with Crippen molar-refractivity contribution in [2.75, 3.05) is 0 Å². The summed E-state index contributed by atoms with van der Waals surface area (Å²) in [4.78, 5) is 0. The minimum absolute atomic E-state index is 0.278. The second-order valence-electron chi connectivity index (χ2n) is 2.88. The van der Waals surface area contributed by atoms with Crippen molar-refractivity contribution in [2.45, 2.75) is 6.92 Å². The first-order valence-electron chi connectivity index (χ1n) is 3.99. The lowest BCUT2D eigenvalue weighted by Crippen LogP contribution is -2.02. The minimum atomic E-state index is 0.278. The fraction of sp³-hybridized carbons (Fsp3) is 0.100. The molecule has 0 bridgehead atoms. The smallest absolute Gasteiger partial charge is 0.106 e. The molecule has 0 aliphatic carbocycles. The van der Waals surface area contributed by atoms with Gasteiger partial charge in [0, 0.05) is 16.3 Å². The highest BCUT2D eigenvalue weighted by Gasteiger charge is 2.07. The Morgan fingerprint density at radius 1 is 1.36 bits per heavy atom. The molecule has 0 aliphatic rings. The molecule has 0 saturated heterocycles. The van der Waals surface area contributed by atoms with Crippen LogP contribution in [0.3, 0.4) is 0 Å². The van der Waals surface area contributed by atoms with Gasteiger partial charge in [0.2, 0.25) is 0 Å². The number of nitrogens with one attached hydrogen (secondary N) is 1. The average Bonchev–Trinajstić information content (AvgIpc) is 2.07. The van der Waals surface area contributed by atoms with Crippen LogP contribution in [0.1, 0.15) is 12.5 Å². The Balaban J connectivity index is 3.21. The zero-order valence-corrected chi connectivity index (χ0v) is 9.98. The van der Waals surface area contributed by atoms with Gasteiger partial charge in [-0.25, -0.2) is 0 Å². The predicted molar refractivity (Wildman–Crippen MR) is 64.9 cm³/mol. The summed E-state index contributed by atoms with van der Waals surface area (Å²) in [5.41, 5.74) is 7.87. The van der Waals surface area contributed by atoms with Gasteiger partial charge in [-0.3, -0.25) is 5.41 Å². The number of allylic oxidation sites excluding steroid dienone is 2. The normalized spacial score (nSPS) is 12.2. The highest BCUT2D eigenvalue weighted by Crippen LogP contribution is 2.22. The molecule has 0 atom stereocenters. The van der Waals surface area contributed by atoms with Crippen LogP contribution in [0.5, 0.6) is 0 Å². The highest BCUT2D eigenvalue weighted by molar-refractivity contribution is 9.18. The molecule has 1 rings (SSSR count). The molecular weight excluding hydrogens is 263 g/mol. The van der Waals surface area contributed by atoms with Crippen molar-refractivity contribution in [3.63, 3.8) is 0 Å². The van der Waals surface area contributed by atoms with Gasteiger partial charge in [-0.1, -0.05) is 23.7 Å². The molecule has 3 N–H and O–H groups in total. The monoisotopic (exact) mass is 272 g/mol. The topological polar surface area (TPSA) is 49.9 Å². The van der Waals surface area contributed by atoms with Gasteiger partial charge in [-0.05, 0) is 40.5 Å². The van der Waals surface area contributed by atoms with Crippen molar-refractivity contribution < 1.29 is 0 Å². The average molecular weight is 274 g/mol. The zero-order valence-electron chi connectivity index (χ0n) is 7.64. The summed E-state index contributed by atoms with van der Waals surface area (Å²) < 4.78 is 0.278. The maximum absolute atomic E-state index is 7.52. The molecule has 0 aliphatic heterocycles. The van der Waals surface area contributed by atoms with Gasteiger partial charge >= 0.3 is 0 Å². The van der Waals surface area contributed by atoms with Gasteiger partial charge in [0.1, 0.15) is 4.62 Å². The number of halogens is 2. The lowest BCUT2D eigenvalue weighted by atomic mass is 10.1. The Morgan fingerprint density at radius 2 is 1.86 bits per heavy atom. The second-order valence-corrected chi connectivity index (χ2v) is 4.11. The molecule has 0 fully saturated rings. The Morgan fingerprint density at radius 3 is 2.21 bits per heavy atom. The third-order valence-corrected chi connectivity index (χ3v) is 2.40. The molecule has 14 heavy (non-hydrogen) atoms. The van der Waals surface area contributed by atoms with Gasteiger partial charge in [0.05, 0.1) is 0 Å². The van der Waals surface area contributed by atoms with Crippen molar-refractivity contribution in [2.24, 2.45) is 5.73 Å². The van der Waals surface area contributed by atoms with Crippen LogP contribution in [0, 0.1) is 5.41 Å². The van der Waals surface area contributed by atoms with E-state index in [0.717, 1.165) is 5.56 Å². The number of benzene rings is 1. The first-order valence-corrected chi connectivity index (χ1v) is 5.16. The van der Waals surface area contributed by atoms with E-state index in [-0.39, 0.29) is 4.62 Å². The Bertz CT molecular complexity index is 378. The molecule has 2 nitrogen and oxygen atoms in total. The standard InChI is InChI=1S/C10H10BrClN2/c1-6(13)9(10(11)14)7-2-4-8(12)5-3-7/h2-5,14H,13H2,1H3/b9-6-,14-10?. The SMILES string of the molecule is C/C(N)=C(/C(=N)Br)c1ccc(Cl)cc1. The fourth-order valence-corrected chi connectivity index (χ4v) is 1.81. The molecule has 74 valence electrons. The largest absolute Gasteiger partial charge is 0.402 e. The van der Waals surface area contributed by atoms with Gasteiger partial charge < -0.3 is 5.73 Å². The van der Waals surface area contributed by atoms with Crippen LogP contribution in [0.25, 0.3) is 5.57 Å². The Kier molecular flexibility index (Phi) is 3.72. The third kappa shape index (κ3) is 2.59. The van der Waals surface area contributed by atoms with Crippen LogP contribution in [0.15, 0.2) is 30.0 Å². The van der Waals surface area contributed by atoms with Crippen molar-refractivity contribution in [3.05, 3.63) is 40.5 Å². The summed E-state index contributed by atoms with van der Waals surface area (Å²) in [5.74, 6) is 0. The summed E-state index contributed by atoms with van der Waals surface area (Å²) in [6, 6.07) is 7.22. The van der Waals surface area contributed by atoms with Gasteiger partial charge in [0.25, 0.3) is 0 Å². The van der Waals surface area contributed by atoms with E-state index in [4.69, 9.17) is 22.7 Å². The van der Waals surface area contributed by atoms with Crippen LogP contribution < -0.4 is 5.73 Å². The molecule has 0 heterocycles. The summed E-state index contributed by atoms with van der Waals surface area (Å²) >= 11 is 8.87. The van der Waals surface area contributed by atoms with E-state index >= 15 is 0 Å².